The van der Waals surface area contributed by atoms with Crippen molar-refractivity contribution in [2.24, 2.45) is 0 Å². The van der Waals surface area contributed by atoms with Gasteiger partial charge in [0.1, 0.15) is 0 Å². The Morgan fingerprint density at radius 3 is 2.36 bits per heavy atom. The SMILES string of the molecule is CCCCCNC(=O)N(C)CCCC. The lowest BCUT2D eigenvalue weighted by Crippen LogP contribution is -2.38. The number of carbonyl (C=O) groups excluding carboxylic acids is 1. The molecule has 0 aromatic carbocycles. The number of urea groups is 1. The van der Waals surface area contributed by atoms with E-state index in [2.05, 4.69) is 19.2 Å². The van der Waals surface area contributed by atoms with E-state index in [1.165, 1.54) is 12.8 Å². The van der Waals surface area contributed by atoms with Crippen molar-refractivity contribution >= 4 is 6.03 Å². The fraction of sp³-hybridized carbons (Fsp3) is 0.909. The molecular formula is C11H24N2O. The number of nitrogens with zero attached hydrogens (tertiary/aromatic N) is 1. The lowest BCUT2D eigenvalue weighted by Gasteiger charge is -2.17. The number of nitrogens with one attached hydrogen (secondary N) is 1. The zero-order chi connectivity index (χ0) is 10.8. The molecule has 0 aliphatic heterocycles. The summed E-state index contributed by atoms with van der Waals surface area (Å²) >= 11 is 0. The van der Waals surface area contributed by atoms with E-state index in [4.69, 9.17) is 0 Å². The molecule has 2 amide bonds. The third kappa shape index (κ3) is 6.75. The highest BCUT2D eigenvalue weighted by Crippen LogP contribution is 1.94. The van der Waals surface area contributed by atoms with Gasteiger partial charge >= 0.3 is 6.03 Å². The molecule has 0 atom stereocenters. The van der Waals surface area contributed by atoms with Gasteiger partial charge in [-0.25, -0.2) is 4.79 Å². The van der Waals surface area contributed by atoms with E-state index < -0.39 is 0 Å². The molecule has 0 radical (unpaired) electrons. The second-order valence-electron chi connectivity index (χ2n) is 3.71. The van der Waals surface area contributed by atoms with Crippen molar-refractivity contribution < 1.29 is 4.79 Å². The lowest BCUT2D eigenvalue weighted by atomic mass is 10.2. The van der Waals surface area contributed by atoms with E-state index in [9.17, 15) is 4.79 Å². The van der Waals surface area contributed by atoms with E-state index in [0.29, 0.717) is 0 Å². The Bertz CT molecular complexity index is 148. The first-order chi connectivity index (χ1) is 6.72. The molecule has 0 unspecified atom stereocenters. The zero-order valence-corrected chi connectivity index (χ0v) is 9.81. The van der Waals surface area contributed by atoms with Crippen LogP contribution in [0.25, 0.3) is 0 Å². The van der Waals surface area contributed by atoms with Gasteiger partial charge in [-0.05, 0) is 12.8 Å². The fourth-order valence-corrected chi connectivity index (χ4v) is 1.20. The summed E-state index contributed by atoms with van der Waals surface area (Å²) in [5, 5.41) is 2.91. The summed E-state index contributed by atoms with van der Waals surface area (Å²) in [5.41, 5.74) is 0. The van der Waals surface area contributed by atoms with Crippen LogP contribution in [0.1, 0.15) is 46.0 Å². The maximum atomic E-state index is 11.4. The first kappa shape index (κ1) is 13.3. The molecule has 3 nitrogen and oxygen atoms in total. The van der Waals surface area contributed by atoms with Crippen LogP contribution in [0.5, 0.6) is 0 Å². The van der Waals surface area contributed by atoms with Gasteiger partial charge in [0.05, 0.1) is 0 Å². The second kappa shape index (κ2) is 8.85. The van der Waals surface area contributed by atoms with Crippen LogP contribution in [0.3, 0.4) is 0 Å². The summed E-state index contributed by atoms with van der Waals surface area (Å²) < 4.78 is 0. The standard InChI is InChI=1S/C11H24N2O/c1-4-6-8-9-12-11(14)13(3)10-7-5-2/h4-10H2,1-3H3,(H,12,14). The predicted octanol–water partition coefficient (Wildman–Crippen LogP) is 2.62. The Hall–Kier alpha value is -0.730. The minimum atomic E-state index is 0.0644. The zero-order valence-electron chi connectivity index (χ0n) is 9.81. The summed E-state index contributed by atoms with van der Waals surface area (Å²) in [6.07, 6.45) is 5.69. The Morgan fingerprint density at radius 2 is 1.79 bits per heavy atom. The quantitative estimate of drug-likeness (QED) is 0.629. The molecule has 0 saturated heterocycles. The average molecular weight is 200 g/mol. The van der Waals surface area contributed by atoms with Crippen molar-refractivity contribution in [1.82, 2.24) is 10.2 Å². The molecule has 0 spiro atoms. The van der Waals surface area contributed by atoms with E-state index in [1.54, 1.807) is 4.90 Å². The molecule has 3 heteroatoms. The lowest BCUT2D eigenvalue weighted by molar-refractivity contribution is 0.208. The van der Waals surface area contributed by atoms with E-state index in [0.717, 1.165) is 32.4 Å². The monoisotopic (exact) mass is 200 g/mol. The Morgan fingerprint density at radius 1 is 1.14 bits per heavy atom. The minimum Gasteiger partial charge on any atom is -0.338 e. The Labute approximate surface area is 87.9 Å². The molecule has 0 rings (SSSR count). The topological polar surface area (TPSA) is 32.3 Å². The van der Waals surface area contributed by atoms with Crippen LogP contribution in [-0.2, 0) is 0 Å². The van der Waals surface area contributed by atoms with Crippen LogP contribution >= 0.6 is 0 Å². The van der Waals surface area contributed by atoms with Gasteiger partial charge in [-0.1, -0.05) is 33.1 Å². The number of hydrogen-bond donors (Lipinski definition) is 1. The van der Waals surface area contributed by atoms with Crippen LogP contribution < -0.4 is 5.32 Å². The number of unbranched alkanes of at least 4 members (excludes halogenated alkanes) is 3. The molecule has 1 N–H and O–H groups in total. The maximum Gasteiger partial charge on any atom is 0.317 e. The first-order valence-corrected chi connectivity index (χ1v) is 5.71. The van der Waals surface area contributed by atoms with Gasteiger partial charge in [0, 0.05) is 20.1 Å². The number of carbonyl (C=O) groups is 1. The van der Waals surface area contributed by atoms with E-state index in [1.807, 2.05) is 7.05 Å². The highest BCUT2D eigenvalue weighted by atomic mass is 16.2. The van der Waals surface area contributed by atoms with Gasteiger partial charge < -0.3 is 10.2 Å². The third-order valence-corrected chi connectivity index (χ3v) is 2.25. The predicted molar refractivity (Wildman–Crippen MR) is 60.5 cm³/mol. The maximum absolute atomic E-state index is 11.4. The molecule has 0 fully saturated rings. The largest absolute Gasteiger partial charge is 0.338 e. The summed E-state index contributed by atoms with van der Waals surface area (Å²) in [4.78, 5) is 13.2. The molecule has 0 aromatic rings. The molecule has 0 aliphatic rings. The molecule has 0 saturated carbocycles. The minimum absolute atomic E-state index is 0.0644. The third-order valence-electron chi connectivity index (χ3n) is 2.25. The summed E-state index contributed by atoms with van der Waals surface area (Å²) in [7, 11) is 1.85. The van der Waals surface area contributed by atoms with Crippen molar-refractivity contribution in [2.45, 2.75) is 46.0 Å². The van der Waals surface area contributed by atoms with Gasteiger partial charge in [-0.2, -0.15) is 0 Å². The molecular weight excluding hydrogens is 176 g/mol. The van der Waals surface area contributed by atoms with E-state index >= 15 is 0 Å². The van der Waals surface area contributed by atoms with Crippen molar-refractivity contribution in [2.75, 3.05) is 20.1 Å². The van der Waals surface area contributed by atoms with Gasteiger partial charge in [-0.3, -0.25) is 0 Å². The summed E-state index contributed by atoms with van der Waals surface area (Å²) in [6, 6.07) is 0.0644. The molecule has 0 aromatic heterocycles. The van der Waals surface area contributed by atoms with Gasteiger partial charge in [0.2, 0.25) is 0 Å². The van der Waals surface area contributed by atoms with Crippen LogP contribution in [0, 0.1) is 0 Å². The number of amides is 2. The van der Waals surface area contributed by atoms with Gasteiger partial charge in [0.15, 0.2) is 0 Å². The van der Waals surface area contributed by atoms with E-state index in [-0.39, 0.29) is 6.03 Å². The molecule has 84 valence electrons. The summed E-state index contributed by atoms with van der Waals surface area (Å²) in [6.45, 7) is 5.96. The van der Waals surface area contributed by atoms with Gasteiger partial charge in [-0.15, -0.1) is 0 Å². The highest BCUT2D eigenvalue weighted by Gasteiger charge is 2.05. The Kier molecular flexibility index (Phi) is 8.39. The second-order valence-corrected chi connectivity index (χ2v) is 3.71. The van der Waals surface area contributed by atoms with Crippen molar-refractivity contribution in [1.29, 1.82) is 0 Å². The highest BCUT2D eigenvalue weighted by molar-refractivity contribution is 5.73. The van der Waals surface area contributed by atoms with Crippen LogP contribution in [0.2, 0.25) is 0 Å². The van der Waals surface area contributed by atoms with Gasteiger partial charge in [0.25, 0.3) is 0 Å². The summed E-state index contributed by atoms with van der Waals surface area (Å²) in [5.74, 6) is 0. The average Bonchev–Trinajstić information content (AvgIpc) is 2.20. The van der Waals surface area contributed by atoms with Crippen molar-refractivity contribution in [3.8, 4) is 0 Å². The molecule has 0 bridgehead atoms. The number of rotatable bonds is 7. The fourth-order valence-electron chi connectivity index (χ4n) is 1.20. The molecule has 0 aliphatic carbocycles. The van der Waals surface area contributed by atoms with Crippen LogP contribution in [0.4, 0.5) is 4.79 Å². The Balaban J connectivity index is 3.42. The van der Waals surface area contributed by atoms with Crippen molar-refractivity contribution in [3.05, 3.63) is 0 Å². The normalized spacial score (nSPS) is 9.93. The van der Waals surface area contributed by atoms with Crippen molar-refractivity contribution in [3.63, 3.8) is 0 Å². The van der Waals surface area contributed by atoms with Crippen LogP contribution in [0.15, 0.2) is 0 Å². The molecule has 0 heterocycles. The first-order valence-electron chi connectivity index (χ1n) is 5.71. The van der Waals surface area contributed by atoms with Crippen LogP contribution in [-0.4, -0.2) is 31.1 Å². The smallest absolute Gasteiger partial charge is 0.317 e. The molecule has 14 heavy (non-hydrogen) atoms. The number of hydrogen-bond acceptors (Lipinski definition) is 1.